The zero-order chi connectivity index (χ0) is 5.86. The van der Waals surface area contributed by atoms with Gasteiger partial charge in [0.1, 0.15) is 0 Å². The van der Waals surface area contributed by atoms with Gasteiger partial charge in [0.05, 0.1) is 0 Å². The summed E-state index contributed by atoms with van der Waals surface area (Å²) in [6.45, 7) is 4.42. The molecular formula is C5H13AlO. The van der Waals surface area contributed by atoms with Crippen LogP contribution in [0.4, 0.5) is 0 Å². The van der Waals surface area contributed by atoms with Gasteiger partial charge in [-0.25, -0.2) is 0 Å². The molecule has 0 aliphatic rings. The zero-order valence-corrected chi connectivity index (χ0v) is 6.72. The summed E-state index contributed by atoms with van der Waals surface area (Å²) >= 11 is -0.755. The Morgan fingerprint density at radius 1 is 1.43 bits per heavy atom. The second-order valence-electron chi connectivity index (χ2n) is 2.18. The van der Waals surface area contributed by atoms with Gasteiger partial charge in [0.15, 0.2) is 0 Å². The van der Waals surface area contributed by atoms with E-state index in [-0.39, 0.29) is 0 Å². The molecule has 0 bridgehead atoms. The summed E-state index contributed by atoms with van der Waals surface area (Å²) in [5.74, 6) is 2.21. The van der Waals surface area contributed by atoms with Crippen molar-refractivity contribution >= 4 is 14.5 Å². The molecule has 0 saturated carbocycles. The largest absolute Gasteiger partial charge is 0.503 e. The number of hydrogen-bond donors (Lipinski definition) is 0. The highest BCUT2D eigenvalue weighted by Gasteiger charge is 2.14. The monoisotopic (exact) mass is 116 g/mol. The van der Waals surface area contributed by atoms with Crippen molar-refractivity contribution in [2.24, 2.45) is 0 Å². The molecule has 0 aromatic heterocycles. The Morgan fingerprint density at radius 2 is 1.86 bits per heavy atom. The summed E-state index contributed by atoms with van der Waals surface area (Å²) in [6, 6.07) is 0. The topological polar surface area (TPSA) is 9.23 Å². The first-order valence-corrected chi connectivity index (χ1v) is 5.00. The van der Waals surface area contributed by atoms with Crippen LogP contribution in [0.1, 0.15) is 13.8 Å². The van der Waals surface area contributed by atoms with Gasteiger partial charge in [-0.1, -0.05) is 24.4 Å². The Balaban J connectivity index is 3.14. The molecule has 0 saturated heterocycles. The van der Waals surface area contributed by atoms with Gasteiger partial charge in [-0.3, -0.25) is 0 Å². The highest BCUT2D eigenvalue weighted by Crippen LogP contribution is 2.05. The molecule has 0 spiro atoms. The van der Waals surface area contributed by atoms with Gasteiger partial charge in [0, 0.05) is 7.11 Å². The van der Waals surface area contributed by atoms with Crippen molar-refractivity contribution in [3.63, 3.8) is 0 Å². The van der Waals surface area contributed by atoms with Crippen LogP contribution < -0.4 is 0 Å². The van der Waals surface area contributed by atoms with Gasteiger partial charge in [0.2, 0.25) is 0 Å². The predicted octanol–water partition coefficient (Wildman–Crippen LogP) is 1.66. The Labute approximate surface area is 50.4 Å². The molecular weight excluding hydrogens is 103 g/mol. The van der Waals surface area contributed by atoms with Crippen LogP contribution in [0, 0.1) is 0 Å². The molecule has 1 nitrogen and oxygen atoms in total. The van der Waals surface area contributed by atoms with Gasteiger partial charge >= 0.3 is 14.5 Å². The zero-order valence-electron chi connectivity index (χ0n) is 5.56. The first kappa shape index (κ1) is 7.49. The average Bonchev–Trinajstić information content (AvgIpc) is 1.65. The molecule has 0 amide bonds. The summed E-state index contributed by atoms with van der Waals surface area (Å²) < 4.78 is 5.93. The Kier molecular flexibility index (Phi) is 3.73. The van der Waals surface area contributed by atoms with Crippen LogP contribution in [0.15, 0.2) is 0 Å². The van der Waals surface area contributed by atoms with E-state index in [0.29, 0.717) is 0 Å². The van der Waals surface area contributed by atoms with E-state index >= 15 is 0 Å². The van der Waals surface area contributed by atoms with Crippen LogP contribution in [0.2, 0.25) is 10.6 Å². The van der Waals surface area contributed by atoms with Crippen LogP contribution >= 0.6 is 0 Å². The first-order valence-electron chi connectivity index (χ1n) is 2.71. The van der Waals surface area contributed by atoms with E-state index in [4.69, 9.17) is 3.79 Å². The third kappa shape index (κ3) is 3.11. The van der Waals surface area contributed by atoms with Gasteiger partial charge < -0.3 is 3.79 Å². The number of hydrogen-bond acceptors (Lipinski definition) is 1. The maximum atomic E-state index is 5.15. The fourth-order valence-electron chi connectivity index (χ4n) is 0.272. The Morgan fingerprint density at radius 3 is 1.86 bits per heavy atom. The molecule has 0 atom stereocenters. The van der Waals surface area contributed by atoms with E-state index in [2.05, 4.69) is 19.6 Å². The third-order valence-corrected chi connectivity index (χ3v) is 3.93. The van der Waals surface area contributed by atoms with Gasteiger partial charge in [0.25, 0.3) is 0 Å². The SMILES string of the molecule is C[O][Al]([CH3])[CH](C)C. The molecule has 0 aliphatic heterocycles. The minimum atomic E-state index is -0.755. The average molecular weight is 116 g/mol. The fourth-order valence-corrected chi connectivity index (χ4v) is 0.816. The lowest BCUT2D eigenvalue weighted by Crippen LogP contribution is -2.13. The first-order chi connectivity index (χ1) is 3.18. The highest BCUT2D eigenvalue weighted by molar-refractivity contribution is 6.51. The lowest BCUT2D eigenvalue weighted by Gasteiger charge is -2.04. The molecule has 7 heavy (non-hydrogen) atoms. The molecule has 0 rings (SSSR count). The van der Waals surface area contributed by atoms with Crippen LogP contribution in [0.3, 0.4) is 0 Å². The fraction of sp³-hybridized carbons (Fsp3) is 1.00. The molecule has 0 heterocycles. The van der Waals surface area contributed by atoms with E-state index in [0.717, 1.165) is 4.78 Å². The van der Waals surface area contributed by atoms with Gasteiger partial charge in [-0.15, -0.1) is 0 Å². The molecule has 2 heteroatoms. The summed E-state index contributed by atoms with van der Waals surface area (Å²) in [6.07, 6.45) is 0. The van der Waals surface area contributed by atoms with E-state index < -0.39 is 14.5 Å². The summed E-state index contributed by atoms with van der Waals surface area (Å²) in [5, 5.41) is 0. The van der Waals surface area contributed by atoms with Crippen molar-refractivity contribution in [2.75, 3.05) is 7.11 Å². The second-order valence-corrected chi connectivity index (χ2v) is 5.40. The summed E-state index contributed by atoms with van der Waals surface area (Å²) in [5.41, 5.74) is 0. The van der Waals surface area contributed by atoms with Gasteiger partial charge in [-0.05, 0) is 0 Å². The van der Waals surface area contributed by atoms with E-state index in [1.165, 1.54) is 0 Å². The lowest BCUT2D eigenvalue weighted by molar-refractivity contribution is 0.416. The molecule has 0 radical (unpaired) electrons. The van der Waals surface area contributed by atoms with Crippen LogP contribution in [-0.4, -0.2) is 21.6 Å². The van der Waals surface area contributed by atoms with Crippen molar-refractivity contribution in [2.45, 2.75) is 24.4 Å². The standard InChI is InChI=1S/C3H7.CH3O.CH3.Al/c1-3-2;1-2;;/h3H,1-2H3;1H3;1H3;/q;-1;;+1. The van der Waals surface area contributed by atoms with Crippen LogP contribution in [0.25, 0.3) is 0 Å². The smallest absolute Gasteiger partial charge is 0.460 e. The summed E-state index contributed by atoms with van der Waals surface area (Å²) in [4.78, 5) is 0. The van der Waals surface area contributed by atoms with Crippen molar-refractivity contribution in [3.05, 3.63) is 0 Å². The normalized spacial score (nSPS) is 9.86. The highest BCUT2D eigenvalue weighted by atomic mass is 27.2. The molecule has 0 unspecified atom stereocenters. The van der Waals surface area contributed by atoms with Crippen molar-refractivity contribution in [1.82, 2.24) is 0 Å². The minimum absolute atomic E-state index is 0.755. The molecule has 0 N–H and O–H groups in total. The molecule has 42 valence electrons. The van der Waals surface area contributed by atoms with E-state index in [1.54, 1.807) is 7.11 Å². The maximum Gasteiger partial charge on any atom is 0.460 e. The van der Waals surface area contributed by atoms with Crippen LogP contribution in [0.5, 0.6) is 0 Å². The summed E-state index contributed by atoms with van der Waals surface area (Å²) in [7, 11) is 1.80. The minimum Gasteiger partial charge on any atom is -0.503 e. The van der Waals surface area contributed by atoms with Crippen molar-refractivity contribution < 1.29 is 3.79 Å². The third-order valence-electron chi connectivity index (χ3n) is 1.31. The van der Waals surface area contributed by atoms with E-state index in [9.17, 15) is 0 Å². The van der Waals surface area contributed by atoms with Crippen molar-refractivity contribution in [1.29, 1.82) is 0 Å². The molecule has 0 aliphatic carbocycles. The van der Waals surface area contributed by atoms with Crippen LogP contribution in [-0.2, 0) is 3.79 Å². The maximum absolute atomic E-state index is 5.15. The molecule has 0 aromatic carbocycles. The van der Waals surface area contributed by atoms with Gasteiger partial charge in [-0.2, -0.15) is 0 Å². The Bertz CT molecular complexity index is 45.3. The lowest BCUT2D eigenvalue weighted by atomic mass is 10.6. The molecule has 0 aromatic rings. The number of rotatable bonds is 2. The van der Waals surface area contributed by atoms with Crippen molar-refractivity contribution in [3.8, 4) is 0 Å². The quantitative estimate of drug-likeness (QED) is 0.498. The second kappa shape index (κ2) is 3.49. The Hall–Kier alpha value is 0.492. The molecule has 0 fully saturated rings. The predicted molar refractivity (Wildman–Crippen MR) is 33.7 cm³/mol. The van der Waals surface area contributed by atoms with E-state index in [1.807, 2.05) is 0 Å².